The number of aromatic nitrogens is 2. The molecule has 34 heavy (non-hydrogen) atoms. The summed E-state index contributed by atoms with van der Waals surface area (Å²) in [6.07, 6.45) is 6.49. The van der Waals surface area contributed by atoms with Crippen LogP contribution in [0.15, 0.2) is 128 Å². The summed E-state index contributed by atoms with van der Waals surface area (Å²) in [6, 6.07) is 38.8. The number of rotatable bonds is 6. The van der Waals surface area contributed by atoms with Crippen LogP contribution in [-0.4, -0.2) is 4.57 Å². The summed E-state index contributed by atoms with van der Waals surface area (Å²) >= 11 is 0. The van der Waals surface area contributed by atoms with Gasteiger partial charge in [0, 0.05) is 23.0 Å². The minimum Gasteiger partial charge on any atom is -1.00 e. The Labute approximate surface area is 208 Å². The summed E-state index contributed by atoms with van der Waals surface area (Å²) < 4.78 is 4.47. The Hall–Kier alpha value is -3.62. The lowest BCUT2D eigenvalue weighted by molar-refractivity contribution is -0.595. The van der Waals surface area contributed by atoms with Gasteiger partial charge in [-0.05, 0) is 23.3 Å². The summed E-state index contributed by atoms with van der Waals surface area (Å²) in [7, 11) is 0. The van der Waals surface area contributed by atoms with E-state index in [1.807, 2.05) is 0 Å². The molecule has 1 aromatic heterocycles. The first-order chi connectivity index (χ1) is 16.2. The number of hydrogen-bond donors (Lipinski definition) is 0. The van der Waals surface area contributed by atoms with E-state index in [1.165, 1.54) is 33.6 Å². The van der Waals surface area contributed by atoms with E-state index >= 15 is 0 Å². The number of benzene rings is 4. The Morgan fingerprint density at radius 1 is 0.588 bits per heavy atom. The monoisotopic (exact) mass is 464 g/mol. The molecule has 0 saturated carbocycles. The van der Waals surface area contributed by atoms with Gasteiger partial charge in [0.2, 0.25) is 0 Å². The maximum atomic E-state index is 2.28. The SMILES string of the molecule is C[C@H](c1ccccc1)c1ccccc1-n1cc[n+](-c2ccccc2[C@H](C)c2ccccc2)c1.[Cl-]. The van der Waals surface area contributed by atoms with Crippen molar-refractivity contribution in [3.05, 3.63) is 150 Å². The molecule has 170 valence electrons. The zero-order valence-corrected chi connectivity index (χ0v) is 20.3. The molecule has 5 rings (SSSR count). The minimum atomic E-state index is 0. The highest BCUT2D eigenvalue weighted by Crippen LogP contribution is 2.30. The summed E-state index contributed by atoms with van der Waals surface area (Å²) in [5.41, 5.74) is 7.70. The van der Waals surface area contributed by atoms with Crippen LogP contribution in [0.5, 0.6) is 0 Å². The van der Waals surface area contributed by atoms with Crippen LogP contribution in [0.1, 0.15) is 47.9 Å². The number of para-hydroxylation sites is 2. The summed E-state index contributed by atoms with van der Waals surface area (Å²) in [6.45, 7) is 4.56. The number of imidazole rings is 1. The van der Waals surface area contributed by atoms with Gasteiger partial charge in [-0.1, -0.05) is 111 Å². The van der Waals surface area contributed by atoms with Crippen LogP contribution in [-0.2, 0) is 0 Å². The lowest BCUT2D eigenvalue weighted by atomic mass is 9.92. The lowest BCUT2D eigenvalue weighted by Gasteiger charge is -2.15. The van der Waals surface area contributed by atoms with E-state index in [2.05, 4.69) is 151 Å². The predicted octanol–water partition coefficient (Wildman–Crippen LogP) is 4.06. The minimum absolute atomic E-state index is 0. The van der Waals surface area contributed by atoms with Crippen molar-refractivity contribution < 1.29 is 17.0 Å². The Kier molecular flexibility index (Phi) is 7.30. The third-order valence-electron chi connectivity index (χ3n) is 6.60. The van der Waals surface area contributed by atoms with Crippen molar-refractivity contribution >= 4 is 0 Å². The summed E-state index contributed by atoms with van der Waals surface area (Å²) in [5, 5.41) is 0. The molecular formula is C31H29ClN2. The Balaban J connectivity index is 0.00000274. The second kappa shape index (κ2) is 10.5. The van der Waals surface area contributed by atoms with Crippen molar-refractivity contribution in [1.29, 1.82) is 0 Å². The van der Waals surface area contributed by atoms with Gasteiger partial charge in [0.05, 0.1) is 0 Å². The molecule has 4 aromatic carbocycles. The molecule has 0 aliphatic carbocycles. The molecule has 0 fully saturated rings. The van der Waals surface area contributed by atoms with Crippen LogP contribution in [0.3, 0.4) is 0 Å². The van der Waals surface area contributed by atoms with Crippen LogP contribution >= 0.6 is 0 Å². The molecule has 1 heterocycles. The van der Waals surface area contributed by atoms with Crippen LogP contribution in [0.25, 0.3) is 11.4 Å². The van der Waals surface area contributed by atoms with Gasteiger partial charge in [0.1, 0.15) is 23.8 Å². The topological polar surface area (TPSA) is 8.81 Å². The molecule has 0 unspecified atom stereocenters. The fourth-order valence-electron chi connectivity index (χ4n) is 4.66. The molecule has 0 aliphatic heterocycles. The summed E-state index contributed by atoms with van der Waals surface area (Å²) in [4.78, 5) is 0. The smallest absolute Gasteiger partial charge is 0.254 e. The van der Waals surface area contributed by atoms with Gasteiger partial charge in [0.15, 0.2) is 0 Å². The van der Waals surface area contributed by atoms with Crippen molar-refractivity contribution in [2.45, 2.75) is 25.7 Å². The third kappa shape index (κ3) is 4.69. The fraction of sp³-hybridized carbons (Fsp3) is 0.129. The third-order valence-corrected chi connectivity index (χ3v) is 6.60. The molecule has 0 N–H and O–H groups in total. The number of nitrogens with zero attached hydrogens (tertiary/aromatic N) is 2. The van der Waals surface area contributed by atoms with Crippen LogP contribution in [0.2, 0.25) is 0 Å². The van der Waals surface area contributed by atoms with E-state index in [1.54, 1.807) is 0 Å². The first-order valence-electron chi connectivity index (χ1n) is 11.6. The van der Waals surface area contributed by atoms with Crippen molar-refractivity contribution in [2.75, 3.05) is 0 Å². The lowest BCUT2D eigenvalue weighted by Crippen LogP contribution is -3.00. The van der Waals surface area contributed by atoms with Crippen LogP contribution in [0.4, 0.5) is 0 Å². The van der Waals surface area contributed by atoms with Gasteiger partial charge >= 0.3 is 0 Å². The molecular weight excluding hydrogens is 436 g/mol. The van der Waals surface area contributed by atoms with Gasteiger partial charge in [-0.2, -0.15) is 0 Å². The highest BCUT2D eigenvalue weighted by atomic mass is 35.5. The highest BCUT2D eigenvalue weighted by Gasteiger charge is 2.20. The van der Waals surface area contributed by atoms with Crippen molar-refractivity contribution in [1.82, 2.24) is 4.57 Å². The Morgan fingerprint density at radius 3 is 1.74 bits per heavy atom. The van der Waals surface area contributed by atoms with Crippen LogP contribution in [0, 0.1) is 0 Å². The van der Waals surface area contributed by atoms with E-state index in [0.29, 0.717) is 11.8 Å². The van der Waals surface area contributed by atoms with Gasteiger partial charge in [-0.3, -0.25) is 0 Å². The zero-order valence-electron chi connectivity index (χ0n) is 19.6. The predicted molar refractivity (Wildman–Crippen MR) is 135 cm³/mol. The van der Waals surface area contributed by atoms with Gasteiger partial charge in [-0.15, -0.1) is 0 Å². The molecule has 2 atom stereocenters. The van der Waals surface area contributed by atoms with Crippen molar-refractivity contribution in [2.24, 2.45) is 0 Å². The molecule has 0 amide bonds. The second-order valence-corrected chi connectivity index (χ2v) is 8.61. The zero-order chi connectivity index (χ0) is 22.6. The van der Waals surface area contributed by atoms with E-state index in [4.69, 9.17) is 0 Å². The Morgan fingerprint density at radius 2 is 1.09 bits per heavy atom. The van der Waals surface area contributed by atoms with Crippen LogP contribution < -0.4 is 17.0 Å². The quantitative estimate of drug-likeness (QED) is 0.335. The van der Waals surface area contributed by atoms with E-state index < -0.39 is 0 Å². The standard InChI is InChI=1S/C31H29N2.ClH/c1-24(26-13-5-3-6-14-26)28-17-9-11-19-30(28)32-21-22-33(23-32)31-20-12-10-18-29(31)25(2)27-15-7-4-8-16-27;/h3-25H,1-2H3;1H/q+1;/p-1/t24-,25-;/m1./s1. The Bertz CT molecular complexity index is 1240. The fourth-order valence-corrected chi connectivity index (χ4v) is 4.66. The molecule has 3 heteroatoms. The summed E-state index contributed by atoms with van der Waals surface area (Å²) in [5.74, 6) is 0.618. The van der Waals surface area contributed by atoms with Crippen molar-refractivity contribution in [3.63, 3.8) is 0 Å². The molecule has 0 saturated heterocycles. The second-order valence-electron chi connectivity index (χ2n) is 8.61. The molecule has 2 nitrogen and oxygen atoms in total. The van der Waals surface area contributed by atoms with Gasteiger partial charge in [-0.25, -0.2) is 9.13 Å². The average molecular weight is 465 g/mol. The molecule has 0 spiro atoms. The maximum Gasteiger partial charge on any atom is 0.254 e. The molecule has 0 radical (unpaired) electrons. The first-order valence-corrected chi connectivity index (χ1v) is 11.6. The maximum absolute atomic E-state index is 2.28. The van der Waals surface area contributed by atoms with Gasteiger partial charge in [0.25, 0.3) is 6.33 Å². The average Bonchev–Trinajstić information content (AvgIpc) is 3.39. The normalized spacial score (nSPS) is 12.5. The highest BCUT2D eigenvalue weighted by molar-refractivity contribution is 5.47. The molecule has 0 aliphatic rings. The molecule has 5 aromatic rings. The first kappa shape index (κ1) is 23.5. The van der Waals surface area contributed by atoms with Crippen molar-refractivity contribution in [3.8, 4) is 11.4 Å². The molecule has 0 bridgehead atoms. The van der Waals surface area contributed by atoms with Gasteiger partial charge < -0.3 is 12.4 Å². The van der Waals surface area contributed by atoms with E-state index in [-0.39, 0.29) is 12.4 Å². The number of hydrogen-bond acceptors (Lipinski definition) is 0. The van der Waals surface area contributed by atoms with E-state index in [0.717, 1.165) is 0 Å². The van der Waals surface area contributed by atoms with E-state index in [9.17, 15) is 0 Å². The largest absolute Gasteiger partial charge is 1.00 e. The number of halogens is 1.